The fourth-order valence-corrected chi connectivity index (χ4v) is 8.13. The maximum atomic E-state index is 14.0. The summed E-state index contributed by atoms with van der Waals surface area (Å²) in [4.78, 5) is 23.9. The highest BCUT2D eigenvalue weighted by Crippen LogP contribution is 2.42. The van der Waals surface area contributed by atoms with Gasteiger partial charge < -0.3 is 25.5 Å². The largest absolute Gasteiger partial charge is 0.420 e. The molecule has 0 saturated carbocycles. The van der Waals surface area contributed by atoms with Crippen molar-refractivity contribution in [2.75, 3.05) is 55.8 Å². The predicted octanol–water partition coefficient (Wildman–Crippen LogP) is 3.55. The number of halogens is 3. The molecule has 1 amide bonds. The Balaban J connectivity index is 1.48. The number of anilines is 3. The molecule has 1 atom stereocenters. The molecule has 4 heterocycles. The number of alkyl halides is 3. The van der Waals surface area contributed by atoms with Gasteiger partial charge in [0.2, 0.25) is 5.95 Å². The Labute approximate surface area is 245 Å². The van der Waals surface area contributed by atoms with E-state index in [1.165, 1.54) is 11.9 Å². The molecule has 1 fully saturated rings. The maximum Gasteiger partial charge on any atom is 0.420 e. The van der Waals surface area contributed by atoms with Crippen LogP contribution in [0.15, 0.2) is 35.4 Å². The van der Waals surface area contributed by atoms with Gasteiger partial charge in [0.1, 0.15) is 10.4 Å². The van der Waals surface area contributed by atoms with Crippen LogP contribution in [0.1, 0.15) is 34.1 Å². The number of thiophene rings is 1. The molecule has 1 unspecified atom stereocenters. The molecular weight excluding hydrogens is 593 g/mol. The van der Waals surface area contributed by atoms with Crippen LogP contribution >= 0.6 is 11.3 Å². The normalized spacial score (nSPS) is 18.7. The standard InChI is InChI=1S/C27H31F3N6O4S2/c1-3-16-12-18(36-8-6-17(15-36)31-7-10-37)4-5-20(16)33-26-32-14-19(27(28,29)30)23(34-26)21-13-22-24(41-21)25(38)35(2)9-11-42(22,39)40/h4-5,12-14,17,31,37H,3,6-11,15H2,1-2H3,(H,32,33,34). The molecule has 1 aromatic carbocycles. The molecule has 0 bridgehead atoms. The first-order valence-corrected chi connectivity index (χ1v) is 15.9. The van der Waals surface area contributed by atoms with E-state index in [-0.39, 0.29) is 45.5 Å². The van der Waals surface area contributed by atoms with Gasteiger partial charge in [0, 0.05) is 56.8 Å². The van der Waals surface area contributed by atoms with Crippen LogP contribution in [0.25, 0.3) is 10.6 Å². The first-order chi connectivity index (χ1) is 19.9. The van der Waals surface area contributed by atoms with E-state index >= 15 is 0 Å². The van der Waals surface area contributed by atoms with Gasteiger partial charge in [-0.05, 0) is 42.7 Å². The van der Waals surface area contributed by atoms with Gasteiger partial charge in [0.05, 0.1) is 27.8 Å². The van der Waals surface area contributed by atoms with Crippen LogP contribution in [0.3, 0.4) is 0 Å². The molecule has 0 spiro atoms. The first-order valence-electron chi connectivity index (χ1n) is 13.5. The lowest BCUT2D eigenvalue weighted by atomic mass is 10.1. The minimum absolute atomic E-state index is 0.00915. The first kappa shape index (κ1) is 30.2. The third kappa shape index (κ3) is 6.09. The second-order valence-corrected chi connectivity index (χ2v) is 13.4. The number of aromatic nitrogens is 2. The van der Waals surface area contributed by atoms with E-state index in [9.17, 15) is 26.4 Å². The van der Waals surface area contributed by atoms with Crippen molar-refractivity contribution in [2.24, 2.45) is 0 Å². The fraction of sp³-hybridized carbons (Fsp3) is 0.444. The molecule has 5 rings (SSSR count). The van der Waals surface area contributed by atoms with Gasteiger partial charge in [-0.2, -0.15) is 13.2 Å². The number of hydrogen-bond acceptors (Lipinski definition) is 10. The van der Waals surface area contributed by atoms with Gasteiger partial charge in [-0.15, -0.1) is 11.3 Å². The highest BCUT2D eigenvalue weighted by molar-refractivity contribution is 7.91. The van der Waals surface area contributed by atoms with E-state index in [1.54, 1.807) is 0 Å². The van der Waals surface area contributed by atoms with Crippen LogP contribution in [0.5, 0.6) is 0 Å². The van der Waals surface area contributed by atoms with Gasteiger partial charge in [0.25, 0.3) is 5.91 Å². The summed E-state index contributed by atoms with van der Waals surface area (Å²) in [7, 11) is -2.43. The fourth-order valence-electron chi connectivity index (χ4n) is 5.09. The number of nitrogens with zero attached hydrogens (tertiary/aromatic N) is 4. The zero-order valence-corrected chi connectivity index (χ0v) is 24.7. The van der Waals surface area contributed by atoms with Crippen LogP contribution in [0, 0.1) is 0 Å². The number of carbonyl (C=O) groups excluding carboxylic acids is 1. The predicted molar refractivity (Wildman–Crippen MR) is 154 cm³/mol. The molecule has 2 aliphatic rings. The quantitative estimate of drug-likeness (QED) is 0.345. The van der Waals surface area contributed by atoms with Crippen molar-refractivity contribution in [3.8, 4) is 10.6 Å². The van der Waals surface area contributed by atoms with Crippen LogP contribution in [-0.4, -0.2) is 85.9 Å². The molecular formula is C27H31F3N6O4S2. The highest BCUT2D eigenvalue weighted by atomic mass is 32.2. The van der Waals surface area contributed by atoms with Gasteiger partial charge >= 0.3 is 6.18 Å². The van der Waals surface area contributed by atoms with Crippen molar-refractivity contribution in [1.29, 1.82) is 0 Å². The van der Waals surface area contributed by atoms with Crippen LogP contribution in [0.2, 0.25) is 0 Å². The Hall–Kier alpha value is -3.27. The number of rotatable bonds is 8. The molecule has 2 aromatic heterocycles. The van der Waals surface area contributed by atoms with E-state index in [0.29, 0.717) is 36.2 Å². The maximum absolute atomic E-state index is 14.0. The summed E-state index contributed by atoms with van der Waals surface area (Å²) in [6.07, 6.45) is -2.57. The average molecular weight is 625 g/mol. The molecule has 1 saturated heterocycles. The molecule has 10 nitrogen and oxygen atoms in total. The number of aliphatic hydroxyl groups excluding tert-OH is 1. The summed E-state index contributed by atoms with van der Waals surface area (Å²) in [5.74, 6) is -0.983. The number of sulfone groups is 1. The monoisotopic (exact) mass is 624 g/mol. The molecule has 2 aliphatic heterocycles. The summed E-state index contributed by atoms with van der Waals surface area (Å²) < 4.78 is 67.7. The second kappa shape index (κ2) is 11.8. The van der Waals surface area contributed by atoms with Gasteiger partial charge in [-0.1, -0.05) is 6.92 Å². The second-order valence-electron chi connectivity index (χ2n) is 10.2. The third-order valence-corrected chi connectivity index (χ3v) is 10.4. The summed E-state index contributed by atoms with van der Waals surface area (Å²) in [6.45, 7) is 4.21. The molecule has 42 heavy (non-hydrogen) atoms. The van der Waals surface area contributed by atoms with Gasteiger partial charge in [-0.25, -0.2) is 18.4 Å². The number of carbonyl (C=O) groups is 1. The SMILES string of the molecule is CCc1cc(N2CCC(NCCO)C2)ccc1Nc1ncc(C(F)(F)F)c(-c2cc3c(s2)C(=O)N(C)CCS3(=O)=O)n1. The number of aliphatic hydroxyl groups is 1. The summed E-state index contributed by atoms with van der Waals surface area (Å²) in [6, 6.07) is 7.16. The minimum Gasteiger partial charge on any atom is -0.395 e. The molecule has 3 N–H and O–H groups in total. The van der Waals surface area contributed by atoms with Crippen molar-refractivity contribution < 1.29 is 31.5 Å². The lowest BCUT2D eigenvalue weighted by Crippen LogP contribution is -2.34. The summed E-state index contributed by atoms with van der Waals surface area (Å²) >= 11 is 0.677. The lowest BCUT2D eigenvalue weighted by molar-refractivity contribution is -0.137. The van der Waals surface area contributed by atoms with Crippen molar-refractivity contribution in [3.63, 3.8) is 0 Å². The van der Waals surface area contributed by atoms with E-state index in [1.807, 2.05) is 25.1 Å². The number of fused-ring (bicyclic) bond motifs is 1. The molecule has 226 valence electrons. The lowest BCUT2D eigenvalue weighted by Gasteiger charge is -2.21. The van der Waals surface area contributed by atoms with E-state index in [0.717, 1.165) is 36.8 Å². The average Bonchev–Trinajstić information content (AvgIpc) is 3.61. The van der Waals surface area contributed by atoms with E-state index in [2.05, 4.69) is 25.5 Å². The number of aryl methyl sites for hydroxylation is 1. The number of nitrogens with one attached hydrogen (secondary N) is 2. The zero-order valence-electron chi connectivity index (χ0n) is 23.0. The number of benzene rings is 1. The van der Waals surface area contributed by atoms with Crippen molar-refractivity contribution >= 4 is 44.4 Å². The topological polar surface area (TPSA) is 128 Å². The smallest absolute Gasteiger partial charge is 0.395 e. The van der Waals surface area contributed by atoms with Crippen molar-refractivity contribution in [2.45, 2.75) is 36.9 Å². The molecule has 15 heteroatoms. The molecule has 0 radical (unpaired) electrons. The van der Waals surface area contributed by atoms with Gasteiger partial charge in [-0.3, -0.25) is 4.79 Å². The van der Waals surface area contributed by atoms with Crippen molar-refractivity contribution in [3.05, 3.63) is 46.5 Å². The minimum atomic E-state index is -4.81. The molecule has 3 aromatic rings. The number of hydrogen-bond donors (Lipinski definition) is 3. The third-order valence-electron chi connectivity index (χ3n) is 7.41. The Morgan fingerprint density at radius 2 is 2.00 bits per heavy atom. The summed E-state index contributed by atoms with van der Waals surface area (Å²) in [5.41, 5.74) is 0.911. The van der Waals surface area contributed by atoms with Crippen LogP contribution in [0.4, 0.5) is 30.5 Å². The Bertz CT molecular complexity index is 1590. The number of amides is 1. The van der Waals surface area contributed by atoms with E-state index < -0.39 is 33.2 Å². The Kier molecular flexibility index (Phi) is 8.47. The highest BCUT2D eigenvalue weighted by Gasteiger charge is 2.38. The van der Waals surface area contributed by atoms with Crippen LogP contribution < -0.4 is 15.5 Å². The van der Waals surface area contributed by atoms with E-state index in [4.69, 9.17) is 5.11 Å². The van der Waals surface area contributed by atoms with Gasteiger partial charge in [0.15, 0.2) is 9.84 Å². The zero-order chi connectivity index (χ0) is 30.2. The van der Waals surface area contributed by atoms with Crippen LogP contribution in [-0.2, 0) is 22.4 Å². The molecule has 0 aliphatic carbocycles. The van der Waals surface area contributed by atoms with Crippen molar-refractivity contribution in [1.82, 2.24) is 20.2 Å². The Morgan fingerprint density at radius 1 is 1.21 bits per heavy atom. The summed E-state index contributed by atoms with van der Waals surface area (Å²) in [5, 5.41) is 15.4. The Morgan fingerprint density at radius 3 is 2.71 bits per heavy atom.